The molecule has 11 heteroatoms. The third kappa shape index (κ3) is 6.49. The molecule has 3 aromatic rings. The molecule has 0 atom stereocenters. The lowest BCUT2D eigenvalue weighted by Crippen LogP contribution is -2.14. The quantitative estimate of drug-likeness (QED) is 0.207. The van der Waals surface area contributed by atoms with E-state index in [4.69, 9.17) is 36.9 Å². The van der Waals surface area contributed by atoms with Crippen LogP contribution in [0.25, 0.3) is 6.08 Å². The van der Waals surface area contributed by atoms with Crippen LogP contribution in [0.3, 0.4) is 0 Å². The highest BCUT2D eigenvalue weighted by Crippen LogP contribution is 2.33. The highest BCUT2D eigenvalue weighted by Gasteiger charge is 2.20. The van der Waals surface area contributed by atoms with Crippen molar-refractivity contribution < 1.29 is 26.9 Å². The largest absolute Gasteiger partial charge is 0.497 e. The number of hydrogen-bond donors (Lipinski definition) is 1. The van der Waals surface area contributed by atoms with Crippen LogP contribution in [-0.2, 0) is 14.9 Å². The molecule has 0 fully saturated rings. The molecular weight excluding hydrogens is 527 g/mol. The molecule has 1 amide bonds. The summed E-state index contributed by atoms with van der Waals surface area (Å²) in [5, 5.41) is 12.5. The average molecular weight is 547 g/mol. The molecule has 0 aliphatic rings. The second-order valence-corrected chi connectivity index (χ2v) is 9.41. The first kappa shape index (κ1) is 26.9. The Hall–Kier alpha value is -3.71. The molecular formula is C25H20Cl2N2O6S. The van der Waals surface area contributed by atoms with Gasteiger partial charge in [-0.15, -0.1) is 0 Å². The number of amides is 1. The van der Waals surface area contributed by atoms with Crippen LogP contribution in [0, 0.1) is 11.3 Å². The van der Waals surface area contributed by atoms with Gasteiger partial charge in [-0.1, -0.05) is 35.3 Å². The number of methoxy groups -OCH3 is 1. The van der Waals surface area contributed by atoms with E-state index >= 15 is 0 Å². The topological polar surface area (TPSA) is 115 Å². The zero-order chi connectivity index (χ0) is 26.3. The van der Waals surface area contributed by atoms with Gasteiger partial charge in [0, 0.05) is 0 Å². The Kier molecular flexibility index (Phi) is 8.83. The maximum Gasteiger partial charge on any atom is 0.339 e. The van der Waals surface area contributed by atoms with Crippen LogP contribution in [0.4, 0.5) is 5.69 Å². The van der Waals surface area contributed by atoms with E-state index in [1.807, 2.05) is 6.07 Å². The summed E-state index contributed by atoms with van der Waals surface area (Å²) in [7, 11) is -2.70. The monoisotopic (exact) mass is 546 g/mol. The van der Waals surface area contributed by atoms with Gasteiger partial charge < -0.3 is 19.0 Å². The fraction of sp³-hybridized carbons (Fsp3) is 0.120. The Balaban J connectivity index is 1.88. The van der Waals surface area contributed by atoms with E-state index in [1.165, 1.54) is 55.7 Å². The van der Waals surface area contributed by atoms with Crippen LogP contribution in [0.5, 0.6) is 17.2 Å². The Morgan fingerprint density at radius 3 is 2.44 bits per heavy atom. The Morgan fingerprint density at radius 1 is 1.08 bits per heavy atom. The van der Waals surface area contributed by atoms with E-state index in [1.54, 1.807) is 25.1 Å². The second-order valence-electron chi connectivity index (χ2n) is 7.08. The van der Waals surface area contributed by atoms with Crippen LogP contribution in [-0.4, -0.2) is 28.0 Å². The Labute approximate surface area is 218 Å². The van der Waals surface area contributed by atoms with Crippen molar-refractivity contribution in [3.05, 3.63) is 81.8 Å². The molecule has 1 N–H and O–H groups in total. The fourth-order valence-electron chi connectivity index (χ4n) is 2.97. The minimum absolute atomic E-state index is 0.0570. The van der Waals surface area contributed by atoms with Gasteiger partial charge in [-0.2, -0.15) is 13.7 Å². The second kappa shape index (κ2) is 11.8. The lowest BCUT2D eigenvalue weighted by Gasteiger charge is -2.13. The summed E-state index contributed by atoms with van der Waals surface area (Å²) in [6, 6.07) is 16.6. The number of halogens is 2. The average Bonchev–Trinajstić information content (AvgIpc) is 2.86. The third-order valence-corrected chi connectivity index (χ3v) is 6.76. The maximum absolute atomic E-state index is 12.7. The van der Waals surface area contributed by atoms with Crippen molar-refractivity contribution in [1.29, 1.82) is 5.26 Å². The summed E-state index contributed by atoms with van der Waals surface area (Å²) in [4.78, 5) is 12.6. The van der Waals surface area contributed by atoms with E-state index in [9.17, 15) is 18.5 Å². The molecule has 186 valence electrons. The number of nitriles is 1. The van der Waals surface area contributed by atoms with E-state index in [0.29, 0.717) is 11.3 Å². The summed E-state index contributed by atoms with van der Waals surface area (Å²) >= 11 is 12.1. The van der Waals surface area contributed by atoms with Crippen LogP contribution in [0.1, 0.15) is 12.5 Å². The lowest BCUT2D eigenvalue weighted by molar-refractivity contribution is -0.112. The van der Waals surface area contributed by atoms with Gasteiger partial charge in [0.15, 0.2) is 11.5 Å². The maximum atomic E-state index is 12.7. The first-order valence-electron chi connectivity index (χ1n) is 10.4. The molecule has 0 saturated heterocycles. The summed E-state index contributed by atoms with van der Waals surface area (Å²) in [5.74, 6) is -0.158. The Morgan fingerprint density at radius 2 is 1.81 bits per heavy atom. The fourth-order valence-corrected chi connectivity index (χ4v) is 4.25. The molecule has 0 bridgehead atoms. The van der Waals surface area contributed by atoms with Crippen molar-refractivity contribution in [1.82, 2.24) is 0 Å². The van der Waals surface area contributed by atoms with Crippen molar-refractivity contribution in [2.75, 3.05) is 19.0 Å². The van der Waals surface area contributed by atoms with Crippen molar-refractivity contribution >= 4 is 51.0 Å². The predicted molar refractivity (Wildman–Crippen MR) is 137 cm³/mol. The zero-order valence-electron chi connectivity index (χ0n) is 19.1. The molecule has 8 nitrogen and oxygen atoms in total. The number of nitrogens with zero attached hydrogens (tertiary/aromatic N) is 1. The first-order valence-corrected chi connectivity index (χ1v) is 12.6. The van der Waals surface area contributed by atoms with Gasteiger partial charge in [0.25, 0.3) is 5.91 Å². The lowest BCUT2D eigenvalue weighted by atomic mass is 10.1. The van der Waals surface area contributed by atoms with Gasteiger partial charge in [0.1, 0.15) is 22.3 Å². The molecule has 36 heavy (non-hydrogen) atoms. The molecule has 0 aliphatic carbocycles. The summed E-state index contributed by atoms with van der Waals surface area (Å²) in [5.41, 5.74) is 0.419. The number of hydrogen-bond acceptors (Lipinski definition) is 7. The number of ether oxygens (including phenoxy) is 2. The molecule has 0 unspecified atom stereocenters. The molecule has 0 radical (unpaired) electrons. The number of carbonyl (C=O) groups is 1. The highest BCUT2D eigenvalue weighted by atomic mass is 35.5. The molecule has 0 heterocycles. The minimum atomic E-state index is -4.17. The zero-order valence-corrected chi connectivity index (χ0v) is 21.4. The molecule has 0 saturated carbocycles. The molecule has 0 aliphatic heterocycles. The van der Waals surface area contributed by atoms with Gasteiger partial charge in [-0.25, -0.2) is 0 Å². The first-order chi connectivity index (χ1) is 17.2. The van der Waals surface area contributed by atoms with Gasteiger partial charge in [0.2, 0.25) is 0 Å². The van der Waals surface area contributed by atoms with Gasteiger partial charge in [-0.05, 0) is 67.1 Å². The SMILES string of the molecule is CCOc1cc(/C=C(\C#N)C(=O)Nc2cccc(Cl)c2Cl)ccc1OS(=O)(=O)c1ccc(OC)cc1. The minimum Gasteiger partial charge on any atom is -0.497 e. The summed E-state index contributed by atoms with van der Waals surface area (Å²) < 4.78 is 41.3. The van der Waals surface area contributed by atoms with Crippen molar-refractivity contribution in [2.24, 2.45) is 0 Å². The number of benzene rings is 3. The van der Waals surface area contributed by atoms with Crippen LogP contribution in [0.2, 0.25) is 10.0 Å². The highest BCUT2D eigenvalue weighted by molar-refractivity contribution is 7.87. The van der Waals surface area contributed by atoms with Crippen LogP contribution < -0.4 is 19.0 Å². The van der Waals surface area contributed by atoms with Crippen molar-refractivity contribution in [3.63, 3.8) is 0 Å². The van der Waals surface area contributed by atoms with Gasteiger partial charge in [0.05, 0.1) is 29.4 Å². The number of carbonyl (C=O) groups excluding carboxylic acids is 1. The van der Waals surface area contributed by atoms with Crippen molar-refractivity contribution in [3.8, 4) is 23.3 Å². The predicted octanol–water partition coefficient (Wildman–Crippen LogP) is 5.71. The van der Waals surface area contributed by atoms with Crippen LogP contribution >= 0.6 is 23.2 Å². The van der Waals surface area contributed by atoms with Gasteiger partial charge >= 0.3 is 10.1 Å². The van der Waals surface area contributed by atoms with E-state index < -0.39 is 16.0 Å². The standard InChI is InChI=1S/C25H20Cl2N2O6S/c1-3-34-23-14-16(13-17(15-28)25(30)29-21-6-4-5-20(26)24(21)27)7-12-22(23)35-36(31,32)19-10-8-18(33-2)9-11-19/h4-14H,3H2,1-2H3,(H,29,30)/b17-13+. The summed E-state index contributed by atoms with van der Waals surface area (Å²) in [6.45, 7) is 1.93. The molecule has 0 aromatic heterocycles. The van der Waals surface area contributed by atoms with Crippen LogP contribution in [0.15, 0.2) is 71.1 Å². The number of rotatable bonds is 9. The Bertz CT molecular complexity index is 1450. The third-order valence-electron chi connectivity index (χ3n) is 4.69. The number of anilines is 1. The van der Waals surface area contributed by atoms with E-state index in [2.05, 4.69) is 5.32 Å². The van der Waals surface area contributed by atoms with Crippen molar-refractivity contribution in [2.45, 2.75) is 11.8 Å². The smallest absolute Gasteiger partial charge is 0.339 e. The number of nitrogens with one attached hydrogen (secondary N) is 1. The normalized spacial score (nSPS) is 11.4. The van der Waals surface area contributed by atoms with E-state index in [0.717, 1.165) is 0 Å². The molecule has 3 rings (SSSR count). The van der Waals surface area contributed by atoms with Gasteiger partial charge in [-0.3, -0.25) is 4.79 Å². The van der Waals surface area contributed by atoms with E-state index in [-0.39, 0.29) is 44.3 Å². The molecule has 3 aromatic carbocycles. The summed E-state index contributed by atoms with van der Waals surface area (Å²) in [6.07, 6.45) is 1.32. The molecule has 0 spiro atoms.